The summed E-state index contributed by atoms with van der Waals surface area (Å²) in [5.41, 5.74) is 0.641. The van der Waals surface area contributed by atoms with Gasteiger partial charge in [0.2, 0.25) is 0 Å². The Bertz CT molecular complexity index is 1030. The van der Waals surface area contributed by atoms with E-state index in [4.69, 9.17) is 0 Å². The molecule has 3 aromatic heterocycles. The maximum Gasteiger partial charge on any atom is 0.258 e. The van der Waals surface area contributed by atoms with Crippen LogP contribution in [0.2, 0.25) is 0 Å². The van der Waals surface area contributed by atoms with Crippen LogP contribution in [-0.4, -0.2) is 53.2 Å². The lowest BCUT2D eigenvalue weighted by Crippen LogP contribution is -2.48. The fourth-order valence-electron chi connectivity index (χ4n) is 2.86. The third-order valence-electron chi connectivity index (χ3n) is 4.16. The smallest absolute Gasteiger partial charge is 0.258 e. The third kappa shape index (κ3) is 3.27. The van der Waals surface area contributed by atoms with E-state index in [2.05, 4.69) is 9.88 Å². The van der Waals surface area contributed by atoms with Crippen LogP contribution in [-0.2, 0) is 16.6 Å². The molecule has 25 heavy (non-hydrogen) atoms. The summed E-state index contributed by atoms with van der Waals surface area (Å²) < 4.78 is 28.5. The zero-order valence-electron chi connectivity index (χ0n) is 13.2. The Morgan fingerprint density at radius 2 is 1.92 bits per heavy atom. The molecule has 0 atom stereocenters. The number of nitrogens with zero attached hydrogens (tertiary/aromatic N) is 4. The molecule has 7 nitrogen and oxygen atoms in total. The minimum absolute atomic E-state index is 0.0832. The summed E-state index contributed by atoms with van der Waals surface area (Å²) in [5.74, 6) is 0. The second-order valence-electron chi connectivity index (χ2n) is 5.75. The Balaban J connectivity index is 1.44. The molecule has 4 heterocycles. The van der Waals surface area contributed by atoms with E-state index in [9.17, 15) is 13.2 Å². The molecule has 0 N–H and O–H groups in total. The fraction of sp³-hybridized carbons (Fsp3) is 0.333. The van der Waals surface area contributed by atoms with Gasteiger partial charge in [-0.05, 0) is 11.4 Å². The van der Waals surface area contributed by atoms with Crippen molar-refractivity contribution >= 4 is 37.7 Å². The molecule has 0 amide bonds. The standard InChI is InChI=1S/C15H16N4O3S3/c20-13-10-12(16-15-19(13)7-9-24-15)11-17-3-5-18(6-4-17)25(21,22)14-2-1-8-23-14/h1-2,7-10H,3-6,11H2. The minimum Gasteiger partial charge on any atom is -0.295 e. The highest BCUT2D eigenvalue weighted by molar-refractivity contribution is 7.91. The Morgan fingerprint density at radius 3 is 2.64 bits per heavy atom. The van der Waals surface area contributed by atoms with E-state index >= 15 is 0 Å². The highest BCUT2D eigenvalue weighted by Crippen LogP contribution is 2.22. The summed E-state index contributed by atoms with van der Waals surface area (Å²) in [4.78, 5) is 19.4. The largest absolute Gasteiger partial charge is 0.295 e. The van der Waals surface area contributed by atoms with E-state index in [1.54, 1.807) is 29.8 Å². The number of fused-ring (bicyclic) bond motifs is 1. The van der Waals surface area contributed by atoms with Gasteiger partial charge in [-0.2, -0.15) is 4.31 Å². The van der Waals surface area contributed by atoms with E-state index < -0.39 is 10.0 Å². The molecule has 3 aromatic rings. The molecule has 0 aliphatic carbocycles. The van der Waals surface area contributed by atoms with Gasteiger partial charge in [-0.3, -0.25) is 14.1 Å². The molecule has 1 aliphatic rings. The molecule has 1 fully saturated rings. The molecule has 0 saturated carbocycles. The lowest BCUT2D eigenvalue weighted by Gasteiger charge is -2.33. The van der Waals surface area contributed by atoms with Gasteiger partial charge in [0.1, 0.15) is 4.21 Å². The van der Waals surface area contributed by atoms with Gasteiger partial charge in [-0.1, -0.05) is 6.07 Å². The average Bonchev–Trinajstić information content (AvgIpc) is 3.27. The second kappa shape index (κ2) is 6.61. The van der Waals surface area contributed by atoms with Gasteiger partial charge in [0.15, 0.2) is 4.96 Å². The molecular formula is C15H16N4O3S3. The topological polar surface area (TPSA) is 75.0 Å². The Kier molecular flexibility index (Phi) is 4.46. The van der Waals surface area contributed by atoms with E-state index in [1.807, 2.05) is 5.38 Å². The molecule has 0 unspecified atom stereocenters. The van der Waals surface area contributed by atoms with Gasteiger partial charge in [-0.15, -0.1) is 22.7 Å². The van der Waals surface area contributed by atoms with Crippen LogP contribution >= 0.6 is 22.7 Å². The van der Waals surface area contributed by atoms with Gasteiger partial charge in [0.05, 0.1) is 5.69 Å². The van der Waals surface area contributed by atoms with Crippen LogP contribution in [0.1, 0.15) is 5.69 Å². The van der Waals surface area contributed by atoms with Crippen molar-refractivity contribution < 1.29 is 8.42 Å². The van der Waals surface area contributed by atoms with Gasteiger partial charge in [-0.25, -0.2) is 13.4 Å². The van der Waals surface area contributed by atoms with Crippen LogP contribution in [0.3, 0.4) is 0 Å². The van der Waals surface area contributed by atoms with Crippen LogP contribution < -0.4 is 5.56 Å². The predicted octanol–water partition coefficient (Wildman–Crippen LogP) is 1.32. The first-order valence-electron chi connectivity index (χ1n) is 7.76. The van der Waals surface area contributed by atoms with Crippen molar-refractivity contribution in [1.82, 2.24) is 18.6 Å². The van der Waals surface area contributed by atoms with E-state index in [0.717, 1.165) is 5.69 Å². The highest BCUT2D eigenvalue weighted by Gasteiger charge is 2.29. The summed E-state index contributed by atoms with van der Waals surface area (Å²) in [7, 11) is -3.39. The predicted molar refractivity (Wildman–Crippen MR) is 97.7 cm³/mol. The number of aromatic nitrogens is 2. The van der Waals surface area contributed by atoms with Gasteiger partial charge < -0.3 is 0 Å². The number of sulfonamides is 1. The fourth-order valence-corrected chi connectivity index (χ4v) is 6.17. The number of piperazine rings is 1. The Labute approximate surface area is 152 Å². The van der Waals surface area contributed by atoms with Crippen molar-refractivity contribution in [1.29, 1.82) is 0 Å². The van der Waals surface area contributed by atoms with Crippen molar-refractivity contribution in [3.63, 3.8) is 0 Å². The Hall–Kier alpha value is -1.59. The van der Waals surface area contributed by atoms with Crippen LogP contribution in [0.15, 0.2) is 44.2 Å². The van der Waals surface area contributed by atoms with Crippen LogP contribution in [0, 0.1) is 0 Å². The molecule has 0 aromatic carbocycles. The van der Waals surface area contributed by atoms with Crippen molar-refractivity contribution in [3.05, 3.63) is 51.2 Å². The van der Waals surface area contributed by atoms with Crippen molar-refractivity contribution in [2.75, 3.05) is 26.2 Å². The zero-order valence-corrected chi connectivity index (χ0v) is 15.7. The van der Waals surface area contributed by atoms with Gasteiger partial charge >= 0.3 is 0 Å². The highest BCUT2D eigenvalue weighted by atomic mass is 32.2. The molecule has 1 aliphatic heterocycles. The zero-order chi connectivity index (χ0) is 17.4. The number of hydrogen-bond donors (Lipinski definition) is 0. The average molecular weight is 397 g/mol. The summed E-state index contributed by atoms with van der Waals surface area (Å²) in [6.45, 7) is 2.68. The third-order valence-corrected chi connectivity index (χ3v) is 8.19. The maximum absolute atomic E-state index is 12.5. The van der Waals surface area contributed by atoms with Crippen molar-refractivity contribution in [2.24, 2.45) is 0 Å². The summed E-state index contributed by atoms with van der Waals surface area (Å²) >= 11 is 2.67. The molecule has 4 rings (SSSR count). The summed E-state index contributed by atoms with van der Waals surface area (Å²) in [5, 5.41) is 3.61. The molecule has 0 bridgehead atoms. The van der Waals surface area contributed by atoms with E-state index in [-0.39, 0.29) is 5.56 Å². The summed E-state index contributed by atoms with van der Waals surface area (Å²) in [6.07, 6.45) is 1.72. The Morgan fingerprint density at radius 1 is 1.12 bits per heavy atom. The molecule has 0 radical (unpaired) electrons. The monoisotopic (exact) mass is 396 g/mol. The molecule has 0 spiro atoms. The van der Waals surface area contributed by atoms with Crippen molar-refractivity contribution in [3.8, 4) is 0 Å². The van der Waals surface area contributed by atoms with E-state index in [0.29, 0.717) is 41.9 Å². The first-order valence-corrected chi connectivity index (χ1v) is 11.0. The van der Waals surface area contributed by atoms with Crippen LogP contribution in [0.5, 0.6) is 0 Å². The van der Waals surface area contributed by atoms with Gasteiger partial charge in [0, 0.05) is 50.4 Å². The quantitative estimate of drug-likeness (QED) is 0.665. The second-order valence-corrected chi connectivity index (χ2v) is 9.74. The van der Waals surface area contributed by atoms with Gasteiger partial charge in [0.25, 0.3) is 15.6 Å². The maximum atomic E-state index is 12.5. The molecule has 132 valence electrons. The van der Waals surface area contributed by atoms with E-state index in [1.165, 1.54) is 31.4 Å². The number of rotatable bonds is 4. The normalized spacial score (nSPS) is 17.3. The number of hydrogen-bond acceptors (Lipinski definition) is 7. The lowest BCUT2D eigenvalue weighted by molar-refractivity contribution is 0.180. The molecular weight excluding hydrogens is 380 g/mol. The number of thiophene rings is 1. The van der Waals surface area contributed by atoms with Crippen LogP contribution in [0.25, 0.3) is 4.96 Å². The summed E-state index contributed by atoms with van der Waals surface area (Å²) in [6, 6.07) is 4.94. The SMILES string of the molecule is O=c1cc(CN2CCN(S(=O)(=O)c3cccs3)CC2)nc2sccn12. The number of thiazole rings is 1. The first-order chi connectivity index (χ1) is 12.0. The van der Waals surface area contributed by atoms with Crippen LogP contribution in [0.4, 0.5) is 0 Å². The molecule has 10 heteroatoms. The molecule has 1 saturated heterocycles. The minimum atomic E-state index is -3.39. The first kappa shape index (κ1) is 16.9. The van der Waals surface area contributed by atoms with Crippen molar-refractivity contribution in [2.45, 2.75) is 10.8 Å². The lowest BCUT2D eigenvalue weighted by atomic mass is 10.3.